The highest BCUT2D eigenvalue weighted by molar-refractivity contribution is 7.15. The van der Waals surface area contributed by atoms with Gasteiger partial charge in [-0.15, -0.1) is 10.2 Å². The van der Waals surface area contributed by atoms with E-state index < -0.39 is 0 Å². The van der Waals surface area contributed by atoms with Gasteiger partial charge in [0.2, 0.25) is 5.13 Å². The Kier molecular flexibility index (Phi) is 2.69. The lowest BCUT2D eigenvalue weighted by atomic mass is 10.1. The molecular weight excluding hydrogens is 196 g/mol. The molecule has 1 aromatic heterocycles. The van der Waals surface area contributed by atoms with Gasteiger partial charge in [0.1, 0.15) is 5.01 Å². The highest BCUT2D eigenvalue weighted by Gasteiger charge is 2.26. The van der Waals surface area contributed by atoms with Gasteiger partial charge < -0.3 is 5.73 Å². The Morgan fingerprint density at radius 2 is 2.29 bits per heavy atom. The van der Waals surface area contributed by atoms with Crippen molar-refractivity contribution in [2.45, 2.75) is 32.9 Å². The summed E-state index contributed by atoms with van der Waals surface area (Å²) in [7, 11) is 0. The first kappa shape index (κ1) is 9.86. The van der Waals surface area contributed by atoms with Gasteiger partial charge in [0.25, 0.3) is 0 Å². The number of anilines is 1. The first-order chi connectivity index (χ1) is 6.65. The molecule has 78 valence electrons. The van der Waals surface area contributed by atoms with Crippen LogP contribution in [0.2, 0.25) is 0 Å². The minimum absolute atomic E-state index is 0.569. The van der Waals surface area contributed by atoms with Gasteiger partial charge in [-0.05, 0) is 19.3 Å². The number of aromatic nitrogens is 2. The molecule has 0 aliphatic carbocycles. The number of nitrogens with zero attached hydrogens (tertiary/aromatic N) is 3. The molecule has 0 aromatic carbocycles. The zero-order chi connectivity index (χ0) is 10.1. The zero-order valence-corrected chi connectivity index (χ0v) is 9.42. The standard InChI is InChI=1S/C9H16N4S/c1-6-3-7(2)13(4-6)5-8-11-12-9(10)14-8/h6-7H,3-5H2,1-2H3,(H2,10,12). The molecule has 0 spiro atoms. The smallest absolute Gasteiger partial charge is 0.203 e. The van der Waals surface area contributed by atoms with Crippen molar-refractivity contribution in [1.82, 2.24) is 15.1 Å². The Labute approximate surface area is 88.1 Å². The first-order valence-corrected chi connectivity index (χ1v) is 5.78. The minimum Gasteiger partial charge on any atom is -0.374 e. The second-order valence-electron chi connectivity index (χ2n) is 4.15. The van der Waals surface area contributed by atoms with Gasteiger partial charge in [-0.3, -0.25) is 4.90 Å². The van der Waals surface area contributed by atoms with Crippen molar-refractivity contribution in [3.63, 3.8) is 0 Å². The third kappa shape index (κ3) is 2.04. The summed E-state index contributed by atoms with van der Waals surface area (Å²) in [6.45, 7) is 6.64. The van der Waals surface area contributed by atoms with E-state index in [1.165, 1.54) is 24.3 Å². The van der Waals surface area contributed by atoms with Crippen LogP contribution in [-0.2, 0) is 6.54 Å². The molecule has 1 fully saturated rings. The molecule has 1 aliphatic rings. The van der Waals surface area contributed by atoms with E-state index in [1.54, 1.807) is 0 Å². The van der Waals surface area contributed by atoms with Crippen LogP contribution in [-0.4, -0.2) is 27.7 Å². The van der Waals surface area contributed by atoms with Crippen LogP contribution in [0.5, 0.6) is 0 Å². The quantitative estimate of drug-likeness (QED) is 0.804. The normalized spacial score (nSPS) is 28.4. The molecule has 5 heteroatoms. The van der Waals surface area contributed by atoms with Crippen LogP contribution in [0.25, 0.3) is 0 Å². The molecule has 1 aromatic rings. The number of likely N-dealkylation sites (tertiary alicyclic amines) is 1. The number of nitrogen functional groups attached to an aromatic ring is 1. The molecule has 0 bridgehead atoms. The molecule has 4 nitrogen and oxygen atoms in total. The summed E-state index contributed by atoms with van der Waals surface area (Å²) >= 11 is 1.49. The Balaban J connectivity index is 1.98. The predicted octanol–water partition coefficient (Wildman–Crippen LogP) is 1.35. The Bertz CT molecular complexity index is 312. The average molecular weight is 212 g/mol. The van der Waals surface area contributed by atoms with Crippen LogP contribution in [0.1, 0.15) is 25.3 Å². The van der Waals surface area contributed by atoms with Crippen molar-refractivity contribution >= 4 is 16.5 Å². The van der Waals surface area contributed by atoms with Crippen LogP contribution >= 0.6 is 11.3 Å². The molecule has 2 unspecified atom stereocenters. The third-order valence-corrected chi connectivity index (χ3v) is 3.47. The van der Waals surface area contributed by atoms with E-state index in [2.05, 4.69) is 28.9 Å². The summed E-state index contributed by atoms with van der Waals surface area (Å²) in [4.78, 5) is 2.45. The van der Waals surface area contributed by atoms with Gasteiger partial charge in [0.05, 0.1) is 6.54 Å². The van der Waals surface area contributed by atoms with Gasteiger partial charge in [0, 0.05) is 12.6 Å². The zero-order valence-electron chi connectivity index (χ0n) is 8.60. The first-order valence-electron chi connectivity index (χ1n) is 4.97. The molecule has 2 heterocycles. The summed E-state index contributed by atoms with van der Waals surface area (Å²) < 4.78 is 0. The number of nitrogens with two attached hydrogens (primary N) is 1. The summed E-state index contributed by atoms with van der Waals surface area (Å²) in [5.41, 5.74) is 5.54. The van der Waals surface area contributed by atoms with E-state index in [9.17, 15) is 0 Å². The molecule has 1 aliphatic heterocycles. The lowest BCUT2D eigenvalue weighted by molar-refractivity contribution is 0.255. The molecule has 14 heavy (non-hydrogen) atoms. The van der Waals surface area contributed by atoms with Crippen molar-refractivity contribution in [3.8, 4) is 0 Å². The summed E-state index contributed by atoms with van der Waals surface area (Å²) in [6, 6.07) is 0.662. The predicted molar refractivity (Wildman–Crippen MR) is 58.0 cm³/mol. The number of hydrogen-bond donors (Lipinski definition) is 1. The van der Waals surface area contributed by atoms with Gasteiger partial charge in [-0.2, -0.15) is 0 Å². The van der Waals surface area contributed by atoms with Gasteiger partial charge in [-0.1, -0.05) is 18.3 Å². The lowest BCUT2D eigenvalue weighted by Crippen LogP contribution is -2.26. The van der Waals surface area contributed by atoms with Crippen molar-refractivity contribution in [2.24, 2.45) is 5.92 Å². The maximum atomic E-state index is 5.54. The second kappa shape index (κ2) is 3.82. The van der Waals surface area contributed by atoms with Crippen LogP contribution in [0.4, 0.5) is 5.13 Å². The van der Waals surface area contributed by atoms with Crippen LogP contribution in [0.15, 0.2) is 0 Å². The van der Waals surface area contributed by atoms with E-state index in [0.717, 1.165) is 17.5 Å². The van der Waals surface area contributed by atoms with Crippen molar-refractivity contribution < 1.29 is 0 Å². The van der Waals surface area contributed by atoms with Crippen LogP contribution < -0.4 is 5.73 Å². The van der Waals surface area contributed by atoms with Crippen LogP contribution in [0.3, 0.4) is 0 Å². The molecule has 2 N–H and O–H groups in total. The molecule has 0 amide bonds. The summed E-state index contributed by atoms with van der Waals surface area (Å²) in [5, 5.41) is 9.46. The van der Waals surface area contributed by atoms with Crippen molar-refractivity contribution in [1.29, 1.82) is 0 Å². The van der Waals surface area contributed by atoms with Crippen molar-refractivity contribution in [3.05, 3.63) is 5.01 Å². The number of hydrogen-bond acceptors (Lipinski definition) is 5. The minimum atomic E-state index is 0.569. The average Bonchev–Trinajstić information content (AvgIpc) is 2.61. The highest BCUT2D eigenvalue weighted by atomic mass is 32.1. The topological polar surface area (TPSA) is 55.0 Å². The van der Waals surface area contributed by atoms with Crippen LogP contribution in [0, 0.1) is 5.92 Å². The number of rotatable bonds is 2. The fraction of sp³-hybridized carbons (Fsp3) is 0.778. The SMILES string of the molecule is CC1CC(C)N(Cc2nnc(N)s2)C1. The molecular formula is C9H16N4S. The Morgan fingerprint density at radius 3 is 2.79 bits per heavy atom. The van der Waals surface area contributed by atoms with E-state index in [0.29, 0.717) is 11.2 Å². The molecule has 2 atom stereocenters. The Morgan fingerprint density at radius 1 is 1.50 bits per heavy atom. The van der Waals surface area contributed by atoms with Gasteiger partial charge >= 0.3 is 0 Å². The largest absolute Gasteiger partial charge is 0.374 e. The fourth-order valence-electron chi connectivity index (χ4n) is 2.11. The molecule has 2 rings (SSSR count). The van der Waals surface area contributed by atoms with Gasteiger partial charge in [-0.25, -0.2) is 0 Å². The maximum absolute atomic E-state index is 5.54. The monoisotopic (exact) mass is 212 g/mol. The lowest BCUT2D eigenvalue weighted by Gasteiger charge is -2.18. The van der Waals surface area contributed by atoms with E-state index in [-0.39, 0.29) is 0 Å². The molecule has 1 saturated heterocycles. The van der Waals surface area contributed by atoms with Gasteiger partial charge in [0.15, 0.2) is 0 Å². The third-order valence-electron chi connectivity index (χ3n) is 2.73. The molecule has 0 saturated carbocycles. The second-order valence-corrected chi connectivity index (χ2v) is 5.25. The summed E-state index contributed by atoms with van der Waals surface area (Å²) in [5.74, 6) is 0.801. The summed E-state index contributed by atoms with van der Waals surface area (Å²) in [6.07, 6.45) is 1.29. The highest BCUT2D eigenvalue weighted by Crippen LogP contribution is 2.25. The maximum Gasteiger partial charge on any atom is 0.203 e. The van der Waals surface area contributed by atoms with E-state index in [4.69, 9.17) is 5.73 Å². The van der Waals surface area contributed by atoms with E-state index in [1.807, 2.05) is 0 Å². The Hall–Kier alpha value is -0.680. The van der Waals surface area contributed by atoms with Crippen molar-refractivity contribution in [2.75, 3.05) is 12.3 Å². The fourth-order valence-corrected chi connectivity index (χ4v) is 2.75. The van der Waals surface area contributed by atoms with E-state index >= 15 is 0 Å². The molecule has 0 radical (unpaired) electrons.